The van der Waals surface area contributed by atoms with Crippen molar-refractivity contribution in [2.45, 2.75) is 16.6 Å². The number of hydrogen-bond acceptors (Lipinski definition) is 5. The Labute approximate surface area is 190 Å². The number of carbonyl (C=O) groups is 2. The average molecular weight is 467 g/mol. The number of carboxylic acid groups (broad SMARTS) is 1. The molecular formula is C23H22N4O5S. The Bertz CT molecular complexity index is 1260. The predicted octanol–water partition coefficient (Wildman–Crippen LogP) is 3.23. The molecule has 0 saturated heterocycles. The van der Waals surface area contributed by atoms with Crippen molar-refractivity contribution in [1.29, 1.82) is 5.41 Å². The van der Waals surface area contributed by atoms with E-state index in [0.717, 1.165) is 0 Å². The van der Waals surface area contributed by atoms with Gasteiger partial charge in [0.05, 0.1) is 11.3 Å². The standard InChI is InChI=1S/C23H22N4O5S/c24-23(25)27-18-8-6-16(7-9-18)22(30)26-17-10-12-19(13-11-17)33(31,32)20(14-21(28)29)15-4-2-1-3-5-15/h1-13,20H,14H2,(H,26,30)(H,28,29)(H4,24,25,27). The first-order valence-corrected chi connectivity index (χ1v) is 11.3. The number of aliphatic carboxylic acids is 1. The zero-order valence-corrected chi connectivity index (χ0v) is 18.2. The summed E-state index contributed by atoms with van der Waals surface area (Å²) in [6, 6.07) is 20.0. The molecule has 1 amide bonds. The summed E-state index contributed by atoms with van der Waals surface area (Å²) in [5.41, 5.74) is 6.94. The van der Waals surface area contributed by atoms with Gasteiger partial charge in [0.25, 0.3) is 5.91 Å². The highest BCUT2D eigenvalue weighted by Gasteiger charge is 2.31. The lowest BCUT2D eigenvalue weighted by Crippen LogP contribution is -2.20. The topological polar surface area (TPSA) is 162 Å². The molecule has 3 rings (SSSR count). The van der Waals surface area contributed by atoms with E-state index >= 15 is 0 Å². The average Bonchev–Trinajstić information content (AvgIpc) is 2.78. The number of guanidine groups is 1. The first-order chi connectivity index (χ1) is 15.7. The van der Waals surface area contributed by atoms with Crippen molar-refractivity contribution in [2.75, 3.05) is 10.6 Å². The molecule has 0 aliphatic heterocycles. The highest BCUT2D eigenvalue weighted by molar-refractivity contribution is 7.91. The van der Waals surface area contributed by atoms with Crippen LogP contribution in [0.25, 0.3) is 0 Å². The summed E-state index contributed by atoms with van der Waals surface area (Å²) in [6.45, 7) is 0. The largest absolute Gasteiger partial charge is 0.481 e. The number of rotatable bonds is 8. The maximum Gasteiger partial charge on any atom is 0.305 e. The van der Waals surface area contributed by atoms with E-state index < -0.39 is 33.4 Å². The molecule has 0 aromatic heterocycles. The third-order valence-corrected chi connectivity index (χ3v) is 6.89. The van der Waals surface area contributed by atoms with Crippen molar-refractivity contribution in [1.82, 2.24) is 0 Å². The third-order valence-electron chi connectivity index (χ3n) is 4.77. The number of nitrogens with two attached hydrogens (primary N) is 1. The molecule has 1 unspecified atom stereocenters. The van der Waals surface area contributed by atoms with Crippen molar-refractivity contribution in [3.63, 3.8) is 0 Å². The van der Waals surface area contributed by atoms with E-state index in [1.165, 1.54) is 24.3 Å². The van der Waals surface area contributed by atoms with Gasteiger partial charge in [-0.2, -0.15) is 0 Å². The molecule has 10 heteroatoms. The van der Waals surface area contributed by atoms with Gasteiger partial charge in [-0.25, -0.2) is 8.42 Å². The zero-order chi connectivity index (χ0) is 24.0. The molecule has 9 nitrogen and oxygen atoms in total. The summed E-state index contributed by atoms with van der Waals surface area (Å²) in [6.07, 6.45) is -0.570. The normalized spacial score (nSPS) is 11.9. The Kier molecular flexibility index (Phi) is 7.09. The van der Waals surface area contributed by atoms with Gasteiger partial charge in [0.15, 0.2) is 15.8 Å². The highest BCUT2D eigenvalue weighted by Crippen LogP contribution is 2.32. The van der Waals surface area contributed by atoms with Gasteiger partial charge in [-0.05, 0) is 54.1 Å². The van der Waals surface area contributed by atoms with E-state index in [4.69, 9.17) is 11.1 Å². The number of benzene rings is 3. The Balaban J connectivity index is 1.77. The minimum Gasteiger partial charge on any atom is -0.481 e. The molecule has 0 aliphatic carbocycles. The lowest BCUT2D eigenvalue weighted by molar-refractivity contribution is -0.137. The smallest absolute Gasteiger partial charge is 0.305 e. The molecule has 170 valence electrons. The van der Waals surface area contributed by atoms with E-state index in [0.29, 0.717) is 22.5 Å². The van der Waals surface area contributed by atoms with E-state index in [2.05, 4.69) is 10.6 Å². The molecule has 0 aliphatic rings. The minimum atomic E-state index is -3.99. The molecule has 3 aromatic carbocycles. The summed E-state index contributed by atoms with van der Waals surface area (Å²) >= 11 is 0. The number of hydrogen-bond donors (Lipinski definition) is 5. The number of carbonyl (C=O) groups excluding carboxylic acids is 1. The van der Waals surface area contributed by atoms with E-state index in [1.54, 1.807) is 54.6 Å². The van der Waals surface area contributed by atoms with Crippen LogP contribution in [0.2, 0.25) is 0 Å². The second-order valence-corrected chi connectivity index (χ2v) is 9.27. The van der Waals surface area contributed by atoms with Crippen LogP contribution in [0.4, 0.5) is 11.4 Å². The lowest BCUT2D eigenvalue weighted by atomic mass is 10.1. The van der Waals surface area contributed by atoms with Gasteiger partial charge in [0.2, 0.25) is 0 Å². The van der Waals surface area contributed by atoms with Gasteiger partial charge < -0.3 is 21.5 Å². The number of sulfone groups is 1. The maximum atomic E-state index is 13.2. The van der Waals surface area contributed by atoms with Crippen LogP contribution >= 0.6 is 0 Å². The molecule has 6 N–H and O–H groups in total. The molecule has 0 bridgehead atoms. The van der Waals surface area contributed by atoms with Crippen LogP contribution < -0.4 is 16.4 Å². The van der Waals surface area contributed by atoms with Gasteiger partial charge in [-0.3, -0.25) is 15.0 Å². The van der Waals surface area contributed by atoms with Gasteiger partial charge >= 0.3 is 5.97 Å². The number of carboxylic acids is 1. The molecule has 0 radical (unpaired) electrons. The Morgan fingerprint density at radius 3 is 1.97 bits per heavy atom. The van der Waals surface area contributed by atoms with Crippen molar-refractivity contribution < 1.29 is 23.1 Å². The Hall–Kier alpha value is -4.18. The monoisotopic (exact) mass is 466 g/mol. The first kappa shape index (κ1) is 23.5. The van der Waals surface area contributed by atoms with Crippen molar-refractivity contribution >= 4 is 39.0 Å². The van der Waals surface area contributed by atoms with Crippen LogP contribution in [0.3, 0.4) is 0 Å². The Morgan fingerprint density at radius 2 is 1.42 bits per heavy atom. The van der Waals surface area contributed by atoms with Crippen molar-refractivity contribution in [3.05, 3.63) is 90.0 Å². The molecular weight excluding hydrogens is 444 g/mol. The minimum absolute atomic E-state index is 0.0461. The van der Waals surface area contributed by atoms with Gasteiger partial charge in [0, 0.05) is 16.9 Å². The second kappa shape index (κ2) is 9.96. The van der Waals surface area contributed by atoms with Gasteiger partial charge in [-0.15, -0.1) is 0 Å². The van der Waals surface area contributed by atoms with Crippen molar-refractivity contribution in [3.8, 4) is 0 Å². The first-order valence-electron chi connectivity index (χ1n) is 9.80. The highest BCUT2D eigenvalue weighted by atomic mass is 32.2. The quantitative estimate of drug-likeness (QED) is 0.251. The predicted molar refractivity (Wildman–Crippen MR) is 125 cm³/mol. The van der Waals surface area contributed by atoms with Crippen LogP contribution in [0.1, 0.15) is 27.6 Å². The van der Waals surface area contributed by atoms with Crippen LogP contribution in [-0.2, 0) is 14.6 Å². The second-order valence-electron chi connectivity index (χ2n) is 7.14. The summed E-state index contributed by atoms with van der Waals surface area (Å²) < 4.78 is 26.3. The number of anilines is 2. The number of nitrogens with one attached hydrogen (secondary N) is 3. The molecule has 1 atom stereocenters. The summed E-state index contributed by atoms with van der Waals surface area (Å²) in [7, 11) is -3.99. The van der Waals surface area contributed by atoms with Gasteiger partial charge in [-0.1, -0.05) is 30.3 Å². The van der Waals surface area contributed by atoms with Crippen molar-refractivity contribution in [2.24, 2.45) is 5.73 Å². The SMILES string of the molecule is N=C(N)Nc1ccc(C(=O)Nc2ccc(S(=O)(=O)C(CC(=O)O)c3ccccc3)cc2)cc1. The fourth-order valence-electron chi connectivity index (χ4n) is 3.19. The van der Waals surface area contributed by atoms with Crippen LogP contribution in [-0.4, -0.2) is 31.4 Å². The molecule has 0 heterocycles. The molecule has 0 fully saturated rings. The van der Waals surface area contributed by atoms with Crippen LogP contribution in [0.5, 0.6) is 0 Å². The molecule has 3 aromatic rings. The summed E-state index contributed by atoms with van der Waals surface area (Å²) in [5.74, 6) is -1.85. The van der Waals surface area contributed by atoms with E-state index in [-0.39, 0.29) is 10.9 Å². The maximum absolute atomic E-state index is 13.2. The third kappa shape index (κ3) is 5.95. The zero-order valence-electron chi connectivity index (χ0n) is 17.4. The van der Waals surface area contributed by atoms with E-state index in [1.807, 2.05) is 0 Å². The molecule has 33 heavy (non-hydrogen) atoms. The summed E-state index contributed by atoms with van der Waals surface area (Å²) in [5, 5.41) is 20.5. The fourth-order valence-corrected chi connectivity index (χ4v) is 4.91. The lowest BCUT2D eigenvalue weighted by Gasteiger charge is -2.17. The Morgan fingerprint density at radius 1 is 0.879 bits per heavy atom. The van der Waals surface area contributed by atoms with Crippen LogP contribution in [0.15, 0.2) is 83.8 Å². The fraction of sp³-hybridized carbons (Fsp3) is 0.0870. The summed E-state index contributed by atoms with van der Waals surface area (Å²) in [4.78, 5) is 23.7. The molecule has 0 spiro atoms. The van der Waals surface area contributed by atoms with Gasteiger partial charge in [0.1, 0.15) is 5.25 Å². The molecule has 0 saturated carbocycles. The number of amides is 1. The van der Waals surface area contributed by atoms with E-state index in [9.17, 15) is 23.1 Å². The van der Waals surface area contributed by atoms with Crippen LogP contribution in [0, 0.1) is 5.41 Å².